The molecule has 2 fully saturated rings. The number of aromatic nitrogens is 2. The second-order valence-electron chi connectivity index (χ2n) is 7.66. The van der Waals surface area contributed by atoms with Gasteiger partial charge in [-0.2, -0.15) is 4.98 Å². The molecule has 0 bridgehead atoms. The van der Waals surface area contributed by atoms with Crippen LogP contribution in [0.25, 0.3) is 0 Å². The van der Waals surface area contributed by atoms with E-state index in [4.69, 9.17) is 4.52 Å². The molecule has 8 nitrogen and oxygen atoms in total. The van der Waals surface area contributed by atoms with E-state index in [-0.39, 0.29) is 36.3 Å². The third-order valence-electron chi connectivity index (χ3n) is 5.44. The van der Waals surface area contributed by atoms with E-state index in [1.54, 1.807) is 17.0 Å². The van der Waals surface area contributed by atoms with Gasteiger partial charge in [-0.15, -0.1) is 0 Å². The predicted octanol–water partition coefficient (Wildman–Crippen LogP) is 2.47. The Labute approximate surface area is 167 Å². The Kier molecular flexibility index (Phi) is 5.73. The van der Waals surface area contributed by atoms with E-state index >= 15 is 0 Å². The number of carbonyl (C=O) groups is 2. The van der Waals surface area contributed by atoms with Gasteiger partial charge < -0.3 is 20.1 Å². The first-order chi connectivity index (χ1) is 14.1. The molecule has 2 aliphatic rings. The van der Waals surface area contributed by atoms with E-state index in [0.29, 0.717) is 31.2 Å². The van der Waals surface area contributed by atoms with Crippen LogP contribution < -0.4 is 10.6 Å². The molecule has 3 amide bonds. The minimum Gasteiger partial charge on any atom is -0.338 e. The third kappa shape index (κ3) is 4.90. The lowest BCUT2D eigenvalue weighted by Gasteiger charge is -2.16. The summed E-state index contributed by atoms with van der Waals surface area (Å²) < 4.78 is 18.3. The zero-order valence-electron chi connectivity index (χ0n) is 16.1. The molecule has 1 saturated carbocycles. The van der Waals surface area contributed by atoms with Crippen molar-refractivity contribution in [2.45, 2.75) is 57.2 Å². The number of benzene rings is 1. The van der Waals surface area contributed by atoms with Crippen LogP contribution in [0.3, 0.4) is 0 Å². The highest BCUT2D eigenvalue weighted by molar-refractivity contribution is 5.79. The number of rotatable bonds is 6. The van der Waals surface area contributed by atoms with Gasteiger partial charge in [-0.05, 0) is 30.5 Å². The lowest BCUT2D eigenvalue weighted by molar-refractivity contribution is -0.128. The monoisotopic (exact) mass is 401 g/mol. The number of nitrogens with zero attached hydrogens (tertiary/aromatic N) is 3. The second-order valence-corrected chi connectivity index (χ2v) is 7.66. The van der Waals surface area contributed by atoms with Gasteiger partial charge in [0.1, 0.15) is 5.82 Å². The first-order valence-corrected chi connectivity index (χ1v) is 9.96. The van der Waals surface area contributed by atoms with Gasteiger partial charge in [0.05, 0.1) is 6.54 Å². The molecule has 1 unspecified atom stereocenters. The van der Waals surface area contributed by atoms with Crippen molar-refractivity contribution in [3.05, 3.63) is 47.4 Å². The molecule has 9 heteroatoms. The molecule has 29 heavy (non-hydrogen) atoms. The van der Waals surface area contributed by atoms with Crippen LogP contribution in [0.2, 0.25) is 0 Å². The van der Waals surface area contributed by atoms with Crippen LogP contribution in [0.4, 0.5) is 9.18 Å². The van der Waals surface area contributed by atoms with Crippen molar-refractivity contribution in [3.8, 4) is 0 Å². The summed E-state index contributed by atoms with van der Waals surface area (Å²) in [5.41, 5.74) is 0.867. The normalized spacial score (nSPS) is 19.7. The van der Waals surface area contributed by atoms with E-state index in [2.05, 4.69) is 20.8 Å². The molecule has 2 N–H and O–H groups in total. The fourth-order valence-corrected chi connectivity index (χ4v) is 3.88. The maximum absolute atomic E-state index is 13.0. The lowest BCUT2D eigenvalue weighted by Crippen LogP contribution is -2.40. The SMILES string of the molecule is O=C(NCc1nc(C2CC(=O)N(Cc3ccc(F)cc3)C2)no1)NC1CCCC1. The molecule has 1 saturated heterocycles. The van der Waals surface area contributed by atoms with Crippen LogP contribution >= 0.6 is 0 Å². The Morgan fingerprint density at radius 3 is 2.76 bits per heavy atom. The number of amides is 3. The summed E-state index contributed by atoms with van der Waals surface area (Å²) in [5.74, 6) is 0.315. The van der Waals surface area contributed by atoms with Gasteiger partial charge in [0.25, 0.3) is 0 Å². The van der Waals surface area contributed by atoms with Gasteiger partial charge in [0, 0.05) is 31.5 Å². The molecule has 1 aliphatic carbocycles. The fourth-order valence-electron chi connectivity index (χ4n) is 3.88. The quantitative estimate of drug-likeness (QED) is 0.775. The summed E-state index contributed by atoms with van der Waals surface area (Å²) >= 11 is 0. The van der Waals surface area contributed by atoms with Crippen molar-refractivity contribution >= 4 is 11.9 Å². The summed E-state index contributed by atoms with van der Waals surface area (Å²) in [6, 6.07) is 6.11. The van der Waals surface area contributed by atoms with Crippen LogP contribution in [0, 0.1) is 5.82 Å². The first-order valence-electron chi connectivity index (χ1n) is 9.96. The second kappa shape index (κ2) is 8.59. The lowest BCUT2D eigenvalue weighted by atomic mass is 10.1. The van der Waals surface area contributed by atoms with E-state index in [1.165, 1.54) is 12.1 Å². The molecule has 2 heterocycles. The number of urea groups is 1. The van der Waals surface area contributed by atoms with Gasteiger partial charge in [0.2, 0.25) is 11.8 Å². The molecule has 0 radical (unpaired) electrons. The average Bonchev–Trinajstić information content (AvgIpc) is 3.44. The van der Waals surface area contributed by atoms with Crippen molar-refractivity contribution in [3.63, 3.8) is 0 Å². The molecule has 4 rings (SSSR count). The number of carbonyl (C=O) groups excluding carboxylic acids is 2. The van der Waals surface area contributed by atoms with Crippen LogP contribution in [0.5, 0.6) is 0 Å². The van der Waals surface area contributed by atoms with Crippen LogP contribution in [-0.4, -0.2) is 39.6 Å². The maximum Gasteiger partial charge on any atom is 0.315 e. The van der Waals surface area contributed by atoms with Gasteiger partial charge in [-0.25, -0.2) is 9.18 Å². The maximum atomic E-state index is 13.0. The zero-order chi connectivity index (χ0) is 20.2. The number of nitrogens with one attached hydrogen (secondary N) is 2. The van der Waals surface area contributed by atoms with E-state index < -0.39 is 0 Å². The van der Waals surface area contributed by atoms with Crippen molar-refractivity contribution in [1.29, 1.82) is 0 Å². The highest BCUT2D eigenvalue weighted by Crippen LogP contribution is 2.27. The Balaban J connectivity index is 1.28. The third-order valence-corrected chi connectivity index (χ3v) is 5.44. The van der Waals surface area contributed by atoms with E-state index in [9.17, 15) is 14.0 Å². The summed E-state index contributed by atoms with van der Waals surface area (Å²) in [7, 11) is 0. The minimum absolute atomic E-state index is 0.000239. The first kappa shape index (κ1) is 19.4. The molecule has 2 aromatic rings. The zero-order valence-corrected chi connectivity index (χ0v) is 16.1. The van der Waals surface area contributed by atoms with Crippen molar-refractivity contribution in [2.75, 3.05) is 6.54 Å². The molecule has 1 aromatic heterocycles. The van der Waals surface area contributed by atoms with Gasteiger partial charge in [0.15, 0.2) is 5.82 Å². The molecule has 1 atom stereocenters. The van der Waals surface area contributed by atoms with Crippen LogP contribution in [0.15, 0.2) is 28.8 Å². The number of hydrogen-bond acceptors (Lipinski definition) is 5. The molecular formula is C20H24FN5O3. The molecular weight excluding hydrogens is 377 g/mol. The summed E-state index contributed by atoms with van der Waals surface area (Å²) in [6.07, 6.45) is 4.63. The van der Waals surface area contributed by atoms with Crippen molar-refractivity contribution in [2.24, 2.45) is 0 Å². The largest absolute Gasteiger partial charge is 0.338 e. The predicted molar refractivity (Wildman–Crippen MR) is 101 cm³/mol. The van der Waals surface area contributed by atoms with Gasteiger partial charge in [-0.3, -0.25) is 4.79 Å². The van der Waals surface area contributed by atoms with Gasteiger partial charge >= 0.3 is 6.03 Å². The number of hydrogen-bond donors (Lipinski definition) is 2. The number of likely N-dealkylation sites (tertiary alicyclic amines) is 1. The average molecular weight is 401 g/mol. The van der Waals surface area contributed by atoms with E-state index in [0.717, 1.165) is 31.2 Å². The van der Waals surface area contributed by atoms with Gasteiger partial charge in [-0.1, -0.05) is 30.1 Å². The van der Waals surface area contributed by atoms with Crippen molar-refractivity contribution < 1.29 is 18.5 Å². The Bertz CT molecular complexity index is 863. The smallest absolute Gasteiger partial charge is 0.315 e. The highest BCUT2D eigenvalue weighted by atomic mass is 19.1. The Morgan fingerprint density at radius 2 is 2.00 bits per heavy atom. The van der Waals surface area contributed by atoms with Crippen LogP contribution in [-0.2, 0) is 17.9 Å². The fraction of sp³-hybridized carbons (Fsp3) is 0.500. The van der Waals surface area contributed by atoms with Crippen LogP contribution in [0.1, 0.15) is 55.3 Å². The summed E-state index contributed by atoms with van der Waals surface area (Å²) in [5, 5.41) is 9.65. The minimum atomic E-state index is -0.302. The molecule has 1 aliphatic heterocycles. The summed E-state index contributed by atoms with van der Waals surface area (Å²) in [6.45, 7) is 1.04. The standard InChI is InChI=1S/C20H24FN5O3/c21-15-7-5-13(6-8-15)11-26-12-14(9-18(26)27)19-24-17(29-25-19)10-22-20(28)23-16-3-1-2-4-16/h5-8,14,16H,1-4,9-12H2,(H2,22,23,28). The number of halogens is 1. The Morgan fingerprint density at radius 1 is 1.24 bits per heavy atom. The molecule has 154 valence electrons. The topological polar surface area (TPSA) is 100 Å². The molecule has 1 aromatic carbocycles. The molecule has 0 spiro atoms. The van der Waals surface area contributed by atoms with E-state index in [1.807, 2.05) is 0 Å². The summed E-state index contributed by atoms with van der Waals surface area (Å²) in [4.78, 5) is 30.3. The Hall–Kier alpha value is -2.97. The highest BCUT2D eigenvalue weighted by Gasteiger charge is 2.33. The van der Waals surface area contributed by atoms with Crippen molar-refractivity contribution in [1.82, 2.24) is 25.7 Å².